The number of alkyl halides is 3. The molecule has 0 aliphatic carbocycles. The van der Waals surface area contributed by atoms with E-state index in [4.69, 9.17) is 0 Å². The molecule has 5 nitrogen and oxygen atoms in total. The van der Waals surface area contributed by atoms with E-state index in [9.17, 15) is 23.1 Å². The second-order valence-corrected chi connectivity index (χ2v) is 4.98. The van der Waals surface area contributed by atoms with Crippen LogP contribution in [0.4, 0.5) is 18.0 Å². The van der Waals surface area contributed by atoms with Crippen LogP contribution in [0.3, 0.4) is 0 Å². The third-order valence-electron chi connectivity index (χ3n) is 3.26. The second kappa shape index (κ2) is 7.11. The number of hydrazone groups is 1. The zero-order valence-electron chi connectivity index (χ0n) is 12.2. The van der Waals surface area contributed by atoms with Crippen molar-refractivity contribution in [2.45, 2.75) is 64.3 Å². The molecule has 0 radical (unpaired) electrons. The van der Waals surface area contributed by atoms with Crippen LogP contribution >= 0.6 is 0 Å². The van der Waals surface area contributed by atoms with E-state index in [1.54, 1.807) is 0 Å². The molecule has 122 valence electrons. The average molecular weight is 310 g/mol. The van der Waals surface area contributed by atoms with Gasteiger partial charge in [0.25, 0.3) is 5.72 Å². The smallest absolute Gasteiger partial charge is 0.439 e. The van der Waals surface area contributed by atoms with Gasteiger partial charge in [0.15, 0.2) is 0 Å². The number of carbonyl (C=O) groups is 1. The number of nitrogens with zero attached hydrogens (tertiary/aromatic N) is 2. The number of hydrogen-bond acceptors (Lipinski definition) is 4. The molecule has 0 unspecified atom stereocenters. The van der Waals surface area contributed by atoms with Gasteiger partial charge in [-0.3, -0.25) is 0 Å². The molecule has 1 atom stereocenters. The van der Waals surface area contributed by atoms with Crippen molar-refractivity contribution in [3.05, 3.63) is 0 Å². The molecule has 21 heavy (non-hydrogen) atoms. The van der Waals surface area contributed by atoms with Gasteiger partial charge < -0.3 is 9.84 Å². The summed E-state index contributed by atoms with van der Waals surface area (Å²) in [6, 6.07) is 0. The Hall–Kier alpha value is -1.31. The number of hydrogen-bond donors (Lipinski definition) is 1. The molecule has 1 heterocycles. The summed E-state index contributed by atoms with van der Waals surface area (Å²) >= 11 is 0. The monoisotopic (exact) mass is 310 g/mol. The molecule has 0 spiro atoms. The van der Waals surface area contributed by atoms with Crippen molar-refractivity contribution in [1.29, 1.82) is 0 Å². The summed E-state index contributed by atoms with van der Waals surface area (Å²) in [6.07, 6.45) is -3.13. The third kappa shape index (κ3) is 4.09. The topological polar surface area (TPSA) is 62.1 Å². The summed E-state index contributed by atoms with van der Waals surface area (Å²) in [6.45, 7) is 3.40. The van der Waals surface area contributed by atoms with E-state index >= 15 is 0 Å². The molecule has 0 bridgehead atoms. The summed E-state index contributed by atoms with van der Waals surface area (Å²) in [5, 5.41) is 13.5. The fourth-order valence-electron chi connectivity index (χ4n) is 2.11. The molecule has 0 saturated carbocycles. The van der Waals surface area contributed by atoms with Crippen molar-refractivity contribution < 1.29 is 27.8 Å². The molecule has 0 fully saturated rings. The van der Waals surface area contributed by atoms with E-state index in [2.05, 4.69) is 9.84 Å². The van der Waals surface area contributed by atoms with Crippen LogP contribution in [0.5, 0.6) is 0 Å². The zero-order chi connectivity index (χ0) is 16.1. The van der Waals surface area contributed by atoms with Crippen LogP contribution < -0.4 is 0 Å². The maximum absolute atomic E-state index is 13.0. The maximum Gasteiger partial charge on any atom is 0.439 e. The van der Waals surface area contributed by atoms with Crippen molar-refractivity contribution in [3.8, 4) is 0 Å². The molecule has 1 N–H and O–H groups in total. The summed E-state index contributed by atoms with van der Waals surface area (Å²) in [5.41, 5.74) is -3.14. The molecule has 8 heteroatoms. The Labute approximate surface area is 121 Å². The average Bonchev–Trinajstić information content (AvgIpc) is 2.73. The van der Waals surface area contributed by atoms with Gasteiger partial charge in [0.2, 0.25) is 0 Å². The summed E-state index contributed by atoms with van der Waals surface area (Å²) in [4.78, 5) is 11.6. The largest absolute Gasteiger partial charge is 0.448 e. The Morgan fingerprint density at radius 3 is 2.57 bits per heavy atom. The van der Waals surface area contributed by atoms with Gasteiger partial charge in [0.05, 0.1) is 6.61 Å². The molecule has 1 amide bonds. The van der Waals surface area contributed by atoms with Gasteiger partial charge in [-0.05, 0) is 19.8 Å². The highest BCUT2D eigenvalue weighted by atomic mass is 19.4. The van der Waals surface area contributed by atoms with Crippen LogP contribution in [0.2, 0.25) is 0 Å². The van der Waals surface area contributed by atoms with Crippen molar-refractivity contribution in [3.63, 3.8) is 0 Å². The summed E-state index contributed by atoms with van der Waals surface area (Å²) in [5.74, 6) is 0. The first-order valence-electron chi connectivity index (χ1n) is 7.08. The number of ether oxygens (including phenoxy) is 1. The van der Waals surface area contributed by atoms with E-state index in [0.717, 1.165) is 19.3 Å². The van der Waals surface area contributed by atoms with Crippen LogP contribution in [0.1, 0.15) is 52.4 Å². The van der Waals surface area contributed by atoms with Crippen LogP contribution in [-0.4, -0.2) is 40.4 Å². The lowest BCUT2D eigenvalue weighted by Gasteiger charge is -2.31. The first-order chi connectivity index (χ1) is 9.76. The Morgan fingerprint density at radius 2 is 2.05 bits per heavy atom. The zero-order valence-corrected chi connectivity index (χ0v) is 12.2. The lowest BCUT2D eigenvalue weighted by Crippen LogP contribution is -2.56. The molecular formula is C13H21F3N2O3. The third-order valence-corrected chi connectivity index (χ3v) is 3.26. The highest BCUT2D eigenvalue weighted by Crippen LogP contribution is 2.41. The molecule has 0 aromatic rings. The Morgan fingerprint density at radius 1 is 1.38 bits per heavy atom. The number of carbonyl (C=O) groups excluding carboxylic acids is 1. The van der Waals surface area contributed by atoms with Crippen LogP contribution in [0, 0.1) is 0 Å². The Bertz CT molecular complexity index is 399. The second-order valence-electron chi connectivity index (χ2n) is 4.98. The normalized spacial score (nSPS) is 22.4. The Balaban J connectivity index is 2.81. The molecule has 1 aliphatic rings. The van der Waals surface area contributed by atoms with Gasteiger partial charge in [-0.15, -0.1) is 0 Å². The SMILES string of the molecule is CCCCCCC1=NN(C(=O)OCC)[C@](O)(C(F)(F)F)C1. The summed E-state index contributed by atoms with van der Waals surface area (Å²) in [7, 11) is 0. The molecule has 0 aromatic heterocycles. The van der Waals surface area contributed by atoms with Crippen molar-refractivity contribution in [2.75, 3.05) is 6.61 Å². The lowest BCUT2D eigenvalue weighted by molar-refractivity contribution is -0.299. The van der Waals surface area contributed by atoms with E-state index in [-0.39, 0.29) is 17.3 Å². The molecule has 1 rings (SSSR count). The van der Waals surface area contributed by atoms with Crippen LogP contribution in [-0.2, 0) is 4.74 Å². The van der Waals surface area contributed by atoms with Gasteiger partial charge in [0, 0.05) is 12.1 Å². The van der Waals surface area contributed by atoms with E-state index in [1.165, 1.54) is 6.92 Å². The van der Waals surface area contributed by atoms with Crippen LogP contribution in [0.15, 0.2) is 5.10 Å². The predicted octanol–water partition coefficient (Wildman–Crippen LogP) is 3.43. The quantitative estimate of drug-likeness (QED) is 0.765. The van der Waals surface area contributed by atoms with Gasteiger partial charge in [-0.25, -0.2) is 4.79 Å². The molecular weight excluding hydrogens is 289 g/mol. The number of aliphatic hydroxyl groups is 1. The molecule has 0 saturated heterocycles. The van der Waals surface area contributed by atoms with E-state index in [0.29, 0.717) is 12.8 Å². The highest BCUT2D eigenvalue weighted by molar-refractivity contribution is 5.89. The van der Waals surface area contributed by atoms with Gasteiger partial charge in [0.1, 0.15) is 0 Å². The minimum atomic E-state index is -4.99. The standard InChI is InChI=1S/C13H21F3N2O3/c1-3-5-6-7-8-10-9-12(20,13(14,15)16)18(17-10)11(19)21-4-2/h20H,3-9H2,1-2H3/t12-/m1/s1. The lowest BCUT2D eigenvalue weighted by atomic mass is 10.0. The minimum Gasteiger partial charge on any atom is -0.448 e. The number of unbranched alkanes of at least 4 members (excludes halogenated alkanes) is 3. The van der Waals surface area contributed by atoms with Crippen molar-refractivity contribution in [2.24, 2.45) is 5.10 Å². The number of rotatable bonds is 6. The van der Waals surface area contributed by atoms with Gasteiger partial charge in [-0.1, -0.05) is 26.2 Å². The Kier molecular flexibility index (Phi) is 6.00. The van der Waals surface area contributed by atoms with Crippen molar-refractivity contribution in [1.82, 2.24) is 5.01 Å². The number of halogens is 3. The molecule has 0 aromatic carbocycles. The highest BCUT2D eigenvalue weighted by Gasteiger charge is 2.63. The van der Waals surface area contributed by atoms with E-state index in [1.807, 2.05) is 6.92 Å². The fourth-order valence-corrected chi connectivity index (χ4v) is 2.11. The van der Waals surface area contributed by atoms with E-state index < -0.39 is 24.4 Å². The van der Waals surface area contributed by atoms with Gasteiger partial charge >= 0.3 is 12.3 Å². The summed E-state index contributed by atoms with van der Waals surface area (Å²) < 4.78 is 43.6. The van der Waals surface area contributed by atoms with Crippen LogP contribution in [0.25, 0.3) is 0 Å². The first kappa shape index (κ1) is 17.7. The number of amides is 1. The molecule has 1 aliphatic heterocycles. The fraction of sp³-hybridized carbons (Fsp3) is 0.846. The predicted molar refractivity (Wildman–Crippen MR) is 70.7 cm³/mol. The maximum atomic E-state index is 13.0. The first-order valence-corrected chi connectivity index (χ1v) is 7.08. The van der Waals surface area contributed by atoms with Gasteiger partial charge in [-0.2, -0.15) is 23.3 Å². The van der Waals surface area contributed by atoms with Crippen molar-refractivity contribution >= 4 is 11.8 Å². The minimum absolute atomic E-state index is 0.0195.